The molecule has 1 aliphatic rings. The first kappa shape index (κ1) is 15.7. The lowest BCUT2D eigenvalue weighted by Crippen LogP contribution is -2.08. The Morgan fingerprint density at radius 1 is 1.43 bits per heavy atom. The van der Waals surface area contributed by atoms with Crippen LogP contribution in [0.1, 0.15) is 43.6 Å². The van der Waals surface area contributed by atoms with E-state index < -0.39 is 5.97 Å². The van der Waals surface area contributed by atoms with Gasteiger partial charge in [-0.3, -0.25) is 0 Å². The highest BCUT2D eigenvalue weighted by Gasteiger charge is 2.21. The van der Waals surface area contributed by atoms with Gasteiger partial charge in [-0.25, -0.2) is 4.79 Å². The first-order chi connectivity index (χ1) is 10.2. The molecule has 21 heavy (non-hydrogen) atoms. The molecular weight excluding hydrogens is 284 g/mol. The number of carbonyl (C=O) groups excluding carboxylic acids is 1. The highest BCUT2D eigenvalue weighted by atomic mass is 32.2. The smallest absolute Gasteiger partial charge is 0.350 e. The average Bonchev–Trinajstić information content (AvgIpc) is 2.91. The molecular formula is C16H20N2O2S. The second-order valence-electron chi connectivity index (χ2n) is 4.86. The SMILES string of the molecule is CCOC(=O)C(C#N)=C(SCC)c1cc2c([nH]1)CCCC2. The summed E-state index contributed by atoms with van der Waals surface area (Å²) in [5.41, 5.74) is 3.53. The monoisotopic (exact) mass is 304 g/mol. The molecule has 112 valence electrons. The molecule has 0 saturated heterocycles. The Bertz CT molecular complexity index is 572. The van der Waals surface area contributed by atoms with Gasteiger partial charge in [0, 0.05) is 5.69 Å². The Balaban J connectivity index is 2.44. The molecule has 0 aliphatic heterocycles. The summed E-state index contributed by atoms with van der Waals surface area (Å²) in [6.07, 6.45) is 4.50. The number of esters is 1. The summed E-state index contributed by atoms with van der Waals surface area (Å²) in [6, 6.07) is 4.10. The average molecular weight is 304 g/mol. The van der Waals surface area contributed by atoms with Crippen molar-refractivity contribution < 1.29 is 9.53 Å². The van der Waals surface area contributed by atoms with Gasteiger partial charge in [0.25, 0.3) is 0 Å². The molecule has 0 aromatic carbocycles. The van der Waals surface area contributed by atoms with Crippen molar-refractivity contribution in [1.29, 1.82) is 5.26 Å². The van der Waals surface area contributed by atoms with Crippen LogP contribution >= 0.6 is 11.8 Å². The van der Waals surface area contributed by atoms with Gasteiger partial charge in [-0.15, -0.1) is 11.8 Å². The van der Waals surface area contributed by atoms with Crippen LogP contribution in [0.4, 0.5) is 0 Å². The van der Waals surface area contributed by atoms with Crippen molar-refractivity contribution in [1.82, 2.24) is 4.98 Å². The van der Waals surface area contributed by atoms with Crippen molar-refractivity contribution in [2.24, 2.45) is 0 Å². The predicted octanol–water partition coefficient (Wildman–Crippen LogP) is 3.44. The van der Waals surface area contributed by atoms with Crippen molar-refractivity contribution in [3.63, 3.8) is 0 Å². The van der Waals surface area contributed by atoms with Crippen molar-refractivity contribution in [3.05, 3.63) is 28.6 Å². The van der Waals surface area contributed by atoms with Crippen LogP contribution in [-0.4, -0.2) is 23.3 Å². The number of rotatable bonds is 5. The van der Waals surface area contributed by atoms with Gasteiger partial charge in [0.1, 0.15) is 6.07 Å². The summed E-state index contributed by atoms with van der Waals surface area (Å²) < 4.78 is 5.00. The molecule has 0 saturated carbocycles. The third kappa shape index (κ3) is 3.51. The van der Waals surface area contributed by atoms with Crippen LogP contribution in [0.3, 0.4) is 0 Å². The fraction of sp³-hybridized carbons (Fsp3) is 0.500. The van der Waals surface area contributed by atoms with E-state index in [1.54, 1.807) is 6.92 Å². The van der Waals surface area contributed by atoms with Gasteiger partial charge in [-0.05, 0) is 50.0 Å². The summed E-state index contributed by atoms with van der Waals surface area (Å²) in [4.78, 5) is 16.1. The topological polar surface area (TPSA) is 65.9 Å². The van der Waals surface area contributed by atoms with Gasteiger partial charge in [0.05, 0.1) is 17.2 Å². The van der Waals surface area contributed by atoms with Crippen molar-refractivity contribution >= 4 is 22.6 Å². The van der Waals surface area contributed by atoms with Crippen LogP contribution < -0.4 is 0 Å². The number of nitrogens with one attached hydrogen (secondary N) is 1. The van der Waals surface area contributed by atoms with E-state index in [1.165, 1.54) is 35.9 Å². The number of aromatic amines is 1. The molecule has 0 fully saturated rings. The maximum atomic E-state index is 12.0. The van der Waals surface area contributed by atoms with Gasteiger partial charge >= 0.3 is 5.97 Å². The first-order valence-electron chi connectivity index (χ1n) is 7.36. The number of hydrogen-bond donors (Lipinski definition) is 1. The Hall–Kier alpha value is -1.67. The Labute approximate surface area is 129 Å². The van der Waals surface area contributed by atoms with E-state index in [1.807, 2.05) is 13.0 Å². The summed E-state index contributed by atoms with van der Waals surface area (Å²) in [5, 5.41) is 9.35. The van der Waals surface area contributed by atoms with Crippen LogP contribution in [0.5, 0.6) is 0 Å². The van der Waals surface area contributed by atoms with Gasteiger partial charge in [-0.1, -0.05) is 6.92 Å². The van der Waals surface area contributed by atoms with Crippen LogP contribution in [0, 0.1) is 11.3 Å². The number of hydrogen-bond acceptors (Lipinski definition) is 4. The Morgan fingerprint density at radius 2 is 2.19 bits per heavy atom. The van der Waals surface area contributed by atoms with E-state index in [-0.39, 0.29) is 12.2 Å². The van der Waals surface area contributed by atoms with Crippen LogP contribution in [0.25, 0.3) is 4.91 Å². The maximum Gasteiger partial charge on any atom is 0.350 e. The standard InChI is InChI=1S/C16H20N2O2S/c1-3-20-16(19)12(10-17)15(21-4-2)14-9-11-7-5-6-8-13(11)18-14/h9,18H,3-8H2,1-2H3. The molecule has 2 rings (SSSR count). The number of aryl methyl sites for hydroxylation is 2. The molecule has 0 bridgehead atoms. The van der Waals surface area contributed by atoms with E-state index in [0.717, 1.165) is 24.3 Å². The second-order valence-corrected chi connectivity index (χ2v) is 6.14. The molecule has 1 aromatic heterocycles. The number of carbonyl (C=O) groups is 1. The molecule has 1 N–H and O–H groups in total. The molecule has 1 aromatic rings. The second kappa shape index (κ2) is 7.37. The fourth-order valence-corrected chi connectivity index (χ4v) is 3.37. The molecule has 1 heterocycles. The van der Waals surface area contributed by atoms with E-state index in [9.17, 15) is 10.1 Å². The Kier molecular flexibility index (Phi) is 5.51. The number of aromatic nitrogens is 1. The lowest BCUT2D eigenvalue weighted by molar-refractivity contribution is -0.137. The van der Waals surface area contributed by atoms with Crippen molar-refractivity contribution in [2.45, 2.75) is 39.5 Å². The molecule has 0 spiro atoms. The third-order valence-electron chi connectivity index (χ3n) is 3.47. The van der Waals surface area contributed by atoms with Gasteiger partial charge in [0.15, 0.2) is 5.57 Å². The number of nitrogens with zero attached hydrogens (tertiary/aromatic N) is 1. The number of H-pyrrole nitrogens is 1. The fourth-order valence-electron chi connectivity index (χ4n) is 2.55. The zero-order valence-corrected chi connectivity index (χ0v) is 13.3. The predicted molar refractivity (Wildman–Crippen MR) is 84.7 cm³/mol. The maximum absolute atomic E-state index is 12.0. The number of ether oxygens (including phenoxy) is 1. The normalized spacial score (nSPS) is 14.9. The lowest BCUT2D eigenvalue weighted by atomic mass is 9.98. The molecule has 0 amide bonds. The summed E-state index contributed by atoms with van der Waals surface area (Å²) >= 11 is 1.50. The van der Waals surface area contributed by atoms with Crippen molar-refractivity contribution in [2.75, 3.05) is 12.4 Å². The minimum atomic E-state index is -0.538. The summed E-state index contributed by atoms with van der Waals surface area (Å²) in [6.45, 7) is 4.02. The summed E-state index contributed by atoms with van der Waals surface area (Å²) in [7, 11) is 0. The minimum Gasteiger partial charge on any atom is -0.462 e. The quantitative estimate of drug-likeness (QED) is 0.514. The zero-order chi connectivity index (χ0) is 15.2. The Morgan fingerprint density at radius 3 is 2.81 bits per heavy atom. The highest BCUT2D eigenvalue weighted by molar-refractivity contribution is 8.08. The highest BCUT2D eigenvalue weighted by Crippen LogP contribution is 2.33. The van der Waals surface area contributed by atoms with Gasteiger partial charge in [0.2, 0.25) is 0 Å². The third-order valence-corrected chi connectivity index (χ3v) is 4.47. The molecule has 5 heteroatoms. The molecule has 4 nitrogen and oxygen atoms in total. The number of thioether (sulfide) groups is 1. The van der Waals surface area contributed by atoms with Gasteiger partial charge in [-0.2, -0.15) is 5.26 Å². The molecule has 0 atom stereocenters. The van der Waals surface area contributed by atoms with Crippen LogP contribution in [0.2, 0.25) is 0 Å². The summed E-state index contributed by atoms with van der Waals surface area (Å²) in [5.74, 6) is 0.257. The molecule has 0 radical (unpaired) electrons. The minimum absolute atomic E-state index is 0.0993. The van der Waals surface area contributed by atoms with Crippen LogP contribution in [0.15, 0.2) is 11.6 Å². The molecule has 0 unspecified atom stereocenters. The molecule has 1 aliphatic carbocycles. The van der Waals surface area contributed by atoms with Crippen molar-refractivity contribution in [3.8, 4) is 6.07 Å². The number of fused-ring (bicyclic) bond motifs is 1. The zero-order valence-electron chi connectivity index (χ0n) is 12.5. The number of nitriles is 1. The van der Waals surface area contributed by atoms with E-state index in [0.29, 0.717) is 4.91 Å². The van der Waals surface area contributed by atoms with E-state index in [4.69, 9.17) is 4.74 Å². The first-order valence-corrected chi connectivity index (χ1v) is 8.35. The van der Waals surface area contributed by atoms with E-state index in [2.05, 4.69) is 11.1 Å². The van der Waals surface area contributed by atoms with Gasteiger partial charge < -0.3 is 9.72 Å². The van der Waals surface area contributed by atoms with E-state index >= 15 is 0 Å². The lowest BCUT2D eigenvalue weighted by Gasteiger charge is -2.09. The van der Waals surface area contributed by atoms with Crippen LogP contribution in [-0.2, 0) is 22.4 Å². The largest absolute Gasteiger partial charge is 0.462 e.